The Labute approximate surface area is 163 Å². The molecular formula is C20H24N6O2. The first kappa shape index (κ1) is 17.2. The van der Waals surface area contributed by atoms with Gasteiger partial charge in [-0.15, -0.1) is 5.10 Å². The summed E-state index contributed by atoms with van der Waals surface area (Å²) < 4.78 is 12.9. The summed E-state index contributed by atoms with van der Waals surface area (Å²) in [7, 11) is 1.62. The molecule has 0 atom stereocenters. The van der Waals surface area contributed by atoms with Crippen LogP contribution >= 0.6 is 0 Å². The fourth-order valence-electron chi connectivity index (χ4n) is 3.62. The van der Waals surface area contributed by atoms with Crippen molar-refractivity contribution in [3.05, 3.63) is 36.4 Å². The number of hydrogen-bond acceptors (Lipinski definition) is 7. The smallest absolute Gasteiger partial charge is 0.231 e. The molecule has 1 saturated heterocycles. The molecule has 0 bridgehead atoms. The van der Waals surface area contributed by atoms with E-state index < -0.39 is 0 Å². The van der Waals surface area contributed by atoms with E-state index in [0.717, 1.165) is 43.2 Å². The van der Waals surface area contributed by atoms with Gasteiger partial charge in [-0.2, -0.15) is 0 Å². The van der Waals surface area contributed by atoms with Gasteiger partial charge in [0.1, 0.15) is 0 Å². The van der Waals surface area contributed by atoms with Gasteiger partial charge in [0.05, 0.1) is 38.0 Å². The van der Waals surface area contributed by atoms with Gasteiger partial charge < -0.3 is 14.4 Å². The number of rotatable bonds is 6. The molecule has 3 aromatic rings. The summed E-state index contributed by atoms with van der Waals surface area (Å²) in [4.78, 5) is 15.6. The molecule has 5 rings (SSSR count). The first-order valence-electron chi connectivity index (χ1n) is 9.88. The Morgan fingerprint density at radius 2 is 1.86 bits per heavy atom. The lowest BCUT2D eigenvalue weighted by Gasteiger charge is -2.31. The molecule has 0 radical (unpaired) electrons. The summed E-state index contributed by atoms with van der Waals surface area (Å²) in [5.74, 6) is 3.24. The van der Waals surface area contributed by atoms with Crippen molar-refractivity contribution >= 4 is 11.6 Å². The molecule has 2 fully saturated rings. The van der Waals surface area contributed by atoms with E-state index in [4.69, 9.17) is 9.47 Å². The summed E-state index contributed by atoms with van der Waals surface area (Å²) in [5, 5.41) is 4.56. The van der Waals surface area contributed by atoms with Crippen molar-refractivity contribution in [2.75, 3.05) is 31.7 Å². The van der Waals surface area contributed by atoms with Crippen LogP contribution in [0.5, 0.6) is 11.6 Å². The molecule has 8 heteroatoms. The highest BCUT2D eigenvalue weighted by atomic mass is 16.5. The van der Waals surface area contributed by atoms with Crippen LogP contribution in [0.4, 0.5) is 5.95 Å². The van der Waals surface area contributed by atoms with Gasteiger partial charge in [-0.25, -0.2) is 19.5 Å². The van der Waals surface area contributed by atoms with Crippen molar-refractivity contribution in [1.29, 1.82) is 0 Å². The van der Waals surface area contributed by atoms with Crippen LogP contribution in [0, 0.1) is 5.92 Å². The maximum absolute atomic E-state index is 5.98. The molecule has 0 amide bonds. The normalized spacial score (nSPS) is 17.8. The molecule has 1 saturated carbocycles. The van der Waals surface area contributed by atoms with Crippen LogP contribution in [-0.4, -0.2) is 51.4 Å². The van der Waals surface area contributed by atoms with Gasteiger partial charge in [-0.1, -0.05) is 0 Å². The molecule has 0 spiro atoms. The third-order valence-corrected chi connectivity index (χ3v) is 5.52. The van der Waals surface area contributed by atoms with Crippen LogP contribution in [0.3, 0.4) is 0 Å². The lowest BCUT2D eigenvalue weighted by Crippen LogP contribution is -2.36. The average molecular weight is 380 g/mol. The Kier molecular flexibility index (Phi) is 4.46. The largest absolute Gasteiger partial charge is 0.494 e. The van der Waals surface area contributed by atoms with E-state index in [1.165, 1.54) is 12.8 Å². The van der Waals surface area contributed by atoms with Crippen LogP contribution in [0.25, 0.3) is 5.65 Å². The summed E-state index contributed by atoms with van der Waals surface area (Å²) >= 11 is 0. The van der Waals surface area contributed by atoms with Crippen LogP contribution in [0.1, 0.15) is 37.3 Å². The first-order valence-corrected chi connectivity index (χ1v) is 9.88. The molecule has 0 N–H and O–H groups in total. The van der Waals surface area contributed by atoms with E-state index in [0.29, 0.717) is 30.1 Å². The Balaban J connectivity index is 1.15. The summed E-state index contributed by atoms with van der Waals surface area (Å²) in [6, 6.07) is 3.90. The van der Waals surface area contributed by atoms with Gasteiger partial charge in [-0.3, -0.25) is 0 Å². The van der Waals surface area contributed by atoms with Gasteiger partial charge in [0.15, 0.2) is 11.4 Å². The third kappa shape index (κ3) is 3.58. The van der Waals surface area contributed by atoms with Crippen molar-refractivity contribution in [3.63, 3.8) is 0 Å². The van der Waals surface area contributed by atoms with Crippen molar-refractivity contribution in [1.82, 2.24) is 24.6 Å². The quantitative estimate of drug-likeness (QED) is 0.651. The fourth-order valence-corrected chi connectivity index (χ4v) is 3.62. The molecule has 0 unspecified atom stereocenters. The van der Waals surface area contributed by atoms with Crippen molar-refractivity contribution < 1.29 is 9.47 Å². The molecule has 2 aliphatic rings. The van der Waals surface area contributed by atoms with Crippen LogP contribution in [0.2, 0.25) is 0 Å². The zero-order valence-electron chi connectivity index (χ0n) is 16.0. The van der Waals surface area contributed by atoms with Gasteiger partial charge in [0.25, 0.3) is 0 Å². The number of aromatic nitrogens is 5. The lowest BCUT2D eigenvalue weighted by atomic mass is 9.98. The van der Waals surface area contributed by atoms with E-state index in [-0.39, 0.29) is 0 Å². The number of anilines is 1. The average Bonchev–Trinajstić information content (AvgIpc) is 3.52. The van der Waals surface area contributed by atoms with Crippen molar-refractivity contribution in [3.8, 4) is 11.6 Å². The molecule has 0 aromatic carbocycles. The number of ether oxygens (including phenoxy) is 2. The first-order chi connectivity index (χ1) is 13.8. The fraction of sp³-hybridized carbons (Fsp3) is 0.500. The molecule has 1 aliphatic carbocycles. The van der Waals surface area contributed by atoms with Crippen molar-refractivity contribution in [2.24, 2.45) is 5.92 Å². The predicted octanol–water partition coefficient (Wildman–Crippen LogP) is 2.70. The van der Waals surface area contributed by atoms with Gasteiger partial charge in [0.2, 0.25) is 11.8 Å². The number of fused-ring (bicyclic) bond motifs is 1. The van der Waals surface area contributed by atoms with Crippen LogP contribution in [0.15, 0.2) is 30.7 Å². The van der Waals surface area contributed by atoms with Crippen LogP contribution in [-0.2, 0) is 0 Å². The molecule has 28 heavy (non-hydrogen) atoms. The minimum Gasteiger partial charge on any atom is -0.494 e. The van der Waals surface area contributed by atoms with Crippen LogP contribution < -0.4 is 14.4 Å². The summed E-state index contributed by atoms with van der Waals surface area (Å²) in [6.07, 6.45) is 10.0. The summed E-state index contributed by atoms with van der Waals surface area (Å²) in [5.41, 5.74) is 2.04. The molecule has 3 aromatic heterocycles. The van der Waals surface area contributed by atoms with Gasteiger partial charge >= 0.3 is 0 Å². The number of piperidine rings is 1. The Bertz CT molecular complexity index is 945. The summed E-state index contributed by atoms with van der Waals surface area (Å²) in [6.45, 7) is 2.54. The van der Waals surface area contributed by atoms with E-state index in [1.807, 2.05) is 22.8 Å². The Morgan fingerprint density at radius 1 is 1.07 bits per heavy atom. The molecule has 8 nitrogen and oxygen atoms in total. The minimum absolute atomic E-state index is 0.511. The maximum Gasteiger partial charge on any atom is 0.231 e. The van der Waals surface area contributed by atoms with Crippen molar-refractivity contribution in [2.45, 2.75) is 31.6 Å². The highest BCUT2D eigenvalue weighted by Gasteiger charge is 2.26. The third-order valence-electron chi connectivity index (χ3n) is 5.52. The number of imidazole rings is 1. The van der Waals surface area contributed by atoms with Gasteiger partial charge in [0, 0.05) is 25.1 Å². The second-order valence-corrected chi connectivity index (χ2v) is 7.58. The van der Waals surface area contributed by atoms with E-state index >= 15 is 0 Å². The van der Waals surface area contributed by atoms with E-state index in [1.54, 1.807) is 19.5 Å². The zero-order valence-corrected chi connectivity index (χ0v) is 16.0. The van der Waals surface area contributed by atoms with E-state index in [2.05, 4.69) is 25.0 Å². The van der Waals surface area contributed by atoms with E-state index in [9.17, 15) is 0 Å². The number of hydrogen-bond donors (Lipinski definition) is 0. The second kappa shape index (κ2) is 7.26. The second-order valence-electron chi connectivity index (χ2n) is 7.58. The SMILES string of the molecule is COc1cnc(N2CCC(COc3ccc4nc(C5CC5)cn4n3)CC2)nc1. The highest BCUT2D eigenvalue weighted by Crippen LogP contribution is 2.39. The Hall–Kier alpha value is -2.90. The standard InChI is InChI=1S/C20H24N6O2/c1-27-16-10-21-20(22-11-16)25-8-6-14(7-9-25)13-28-19-5-4-18-23-17(15-2-3-15)12-26(18)24-19/h4-5,10-12,14-15H,2-3,6-9,13H2,1H3. The topological polar surface area (TPSA) is 77.7 Å². The zero-order chi connectivity index (χ0) is 18.9. The number of methoxy groups -OCH3 is 1. The molecule has 4 heterocycles. The molecule has 1 aliphatic heterocycles. The lowest BCUT2D eigenvalue weighted by molar-refractivity contribution is 0.213. The van der Waals surface area contributed by atoms with Gasteiger partial charge in [-0.05, 0) is 37.7 Å². The monoisotopic (exact) mass is 380 g/mol. The molecule has 146 valence electrons. The Morgan fingerprint density at radius 3 is 2.57 bits per heavy atom. The number of nitrogens with zero attached hydrogens (tertiary/aromatic N) is 6. The predicted molar refractivity (Wildman–Crippen MR) is 104 cm³/mol. The highest BCUT2D eigenvalue weighted by molar-refractivity contribution is 5.41. The molecular weight excluding hydrogens is 356 g/mol. The minimum atomic E-state index is 0.511. The maximum atomic E-state index is 5.98.